The molecule has 0 aliphatic carbocycles. The Labute approximate surface area is 297 Å². The molecule has 7 rings (SSSR count). The lowest BCUT2D eigenvalue weighted by molar-refractivity contribution is -0.146. The summed E-state index contributed by atoms with van der Waals surface area (Å²) in [4.78, 5) is 41.0. The van der Waals surface area contributed by atoms with E-state index in [0.717, 1.165) is 22.4 Å². The molecule has 2 aromatic heterocycles. The first kappa shape index (κ1) is 34.6. The summed E-state index contributed by atoms with van der Waals surface area (Å²) in [5.41, 5.74) is 3.07. The molecule has 0 saturated carbocycles. The zero-order valence-electron chi connectivity index (χ0n) is 29.2. The SMILES string of the molecule is COc1cccn(-c2ccc(CN3C(=O)[C@@]4(O[C@@H](CCn5cc(C(CO)c6ccccc6)nn5)[C@H]([Si](C)(C)O)[C@H]4C)c4ccccc43)cc2)c1=O. The Morgan fingerprint density at radius 1 is 0.980 bits per heavy atom. The number of aromatic nitrogens is 4. The summed E-state index contributed by atoms with van der Waals surface area (Å²) < 4.78 is 15.5. The van der Waals surface area contributed by atoms with E-state index in [-0.39, 0.29) is 41.2 Å². The van der Waals surface area contributed by atoms with Crippen molar-refractivity contribution in [2.45, 2.75) is 62.7 Å². The van der Waals surface area contributed by atoms with Crippen LogP contribution in [0.5, 0.6) is 5.75 Å². The second kappa shape index (κ2) is 13.7. The Hall–Kier alpha value is -4.88. The highest BCUT2D eigenvalue weighted by atomic mass is 28.4. The Morgan fingerprint density at radius 2 is 1.71 bits per heavy atom. The number of benzene rings is 3. The van der Waals surface area contributed by atoms with Crippen molar-refractivity contribution in [3.05, 3.63) is 136 Å². The van der Waals surface area contributed by atoms with Crippen LogP contribution in [-0.4, -0.2) is 63.5 Å². The maximum atomic E-state index is 14.8. The van der Waals surface area contributed by atoms with E-state index < -0.39 is 20.0 Å². The predicted molar refractivity (Wildman–Crippen MR) is 195 cm³/mol. The molecule has 12 heteroatoms. The Morgan fingerprint density at radius 3 is 2.41 bits per heavy atom. The fraction of sp³-hybridized carbons (Fsp3) is 0.333. The topological polar surface area (TPSA) is 132 Å². The van der Waals surface area contributed by atoms with Gasteiger partial charge in [-0.15, -0.1) is 5.10 Å². The highest BCUT2D eigenvalue weighted by Crippen LogP contribution is 2.59. The summed E-state index contributed by atoms with van der Waals surface area (Å²) in [7, 11) is -1.38. The highest BCUT2D eigenvalue weighted by molar-refractivity contribution is 6.71. The average molecular weight is 706 g/mol. The number of amides is 1. The van der Waals surface area contributed by atoms with Crippen LogP contribution in [0.4, 0.5) is 5.69 Å². The van der Waals surface area contributed by atoms with Crippen LogP contribution in [-0.2, 0) is 28.2 Å². The molecule has 0 radical (unpaired) electrons. The van der Waals surface area contributed by atoms with Crippen LogP contribution in [0.2, 0.25) is 18.6 Å². The van der Waals surface area contributed by atoms with Crippen LogP contribution in [0, 0.1) is 5.92 Å². The number of pyridine rings is 1. The van der Waals surface area contributed by atoms with Gasteiger partial charge in [-0.05, 0) is 61.0 Å². The number of para-hydroxylation sites is 1. The third-order valence-electron chi connectivity index (χ3n) is 10.5. The quantitative estimate of drug-likeness (QED) is 0.184. The first-order chi connectivity index (χ1) is 24.6. The molecule has 264 valence electrons. The second-order valence-corrected chi connectivity index (χ2v) is 18.0. The lowest BCUT2D eigenvalue weighted by Gasteiger charge is -2.32. The Balaban J connectivity index is 1.14. The number of hydrogen-bond acceptors (Lipinski definition) is 8. The van der Waals surface area contributed by atoms with Gasteiger partial charge in [0.25, 0.3) is 11.5 Å². The lowest BCUT2D eigenvalue weighted by atomic mass is 9.82. The molecule has 1 spiro atoms. The van der Waals surface area contributed by atoms with Gasteiger partial charge >= 0.3 is 0 Å². The maximum Gasteiger partial charge on any atom is 0.297 e. The normalized spacial score (nSPS) is 22.0. The van der Waals surface area contributed by atoms with Crippen LogP contribution in [0.3, 0.4) is 0 Å². The molecule has 1 saturated heterocycles. The van der Waals surface area contributed by atoms with Crippen LogP contribution in [0.1, 0.15) is 41.6 Å². The molecule has 5 aromatic rings. The summed E-state index contributed by atoms with van der Waals surface area (Å²) in [6.45, 7) is 6.56. The van der Waals surface area contributed by atoms with E-state index in [2.05, 4.69) is 10.3 Å². The molecule has 4 heterocycles. The van der Waals surface area contributed by atoms with Crippen LogP contribution < -0.4 is 15.2 Å². The lowest BCUT2D eigenvalue weighted by Crippen LogP contribution is -2.46. The fourth-order valence-corrected chi connectivity index (χ4v) is 10.7. The molecular formula is C39H43N5O6Si. The molecule has 1 amide bonds. The number of aliphatic hydroxyl groups excluding tert-OH is 1. The standard InChI is InChI=1S/C39H43N5O6Si/c1-26-36(51(3,4)48)34(20-22-42-24-32(40-41-42)30(25-45)28-11-6-5-7-12-28)50-39(26)31-13-8-9-14-33(31)44(38(39)47)23-27-16-18-29(19-17-27)43-21-10-15-35(49-2)37(43)46/h5-19,21,24,26,30,34,36,45,48H,20,22-23,25H2,1-4H3/t26-,30?,34+,36-,39+/m1/s1. The summed E-state index contributed by atoms with van der Waals surface area (Å²) in [5.74, 6) is -0.473. The van der Waals surface area contributed by atoms with Crippen molar-refractivity contribution in [3.63, 3.8) is 0 Å². The van der Waals surface area contributed by atoms with E-state index in [1.165, 1.54) is 11.7 Å². The van der Waals surface area contributed by atoms with Gasteiger partial charge in [-0.3, -0.25) is 18.8 Å². The van der Waals surface area contributed by atoms with E-state index in [9.17, 15) is 19.5 Å². The zero-order valence-corrected chi connectivity index (χ0v) is 30.2. The number of ether oxygens (including phenoxy) is 2. The molecule has 5 atom stereocenters. The van der Waals surface area contributed by atoms with Crippen molar-refractivity contribution in [1.82, 2.24) is 19.6 Å². The first-order valence-corrected chi connectivity index (χ1v) is 20.3. The van der Waals surface area contributed by atoms with Crippen LogP contribution >= 0.6 is 0 Å². The third-order valence-corrected chi connectivity index (χ3v) is 13.0. The van der Waals surface area contributed by atoms with Gasteiger partial charge < -0.3 is 24.3 Å². The van der Waals surface area contributed by atoms with Gasteiger partial charge in [0.1, 0.15) is 0 Å². The monoisotopic (exact) mass is 705 g/mol. The smallest absolute Gasteiger partial charge is 0.297 e. The fourth-order valence-electron chi connectivity index (χ4n) is 8.13. The minimum Gasteiger partial charge on any atom is -0.491 e. The number of methoxy groups -OCH3 is 1. The van der Waals surface area contributed by atoms with E-state index in [1.807, 2.05) is 105 Å². The average Bonchev–Trinajstić information content (AvgIpc) is 3.79. The maximum absolute atomic E-state index is 14.8. The van der Waals surface area contributed by atoms with E-state index in [1.54, 1.807) is 27.9 Å². The van der Waals surface area contributed by atoms with Crippen molar-refractivity contribution in [3.8, 4) is 11.4 Å². The number of rotatable bonds is 11. The van der Waals surface area contributed by atoms with Crippen molar-refractivity contribution < 1.29 is 24.2 Å². The van der Waals surface area contributed by atoms with Crippen molar-refractivity contribution in [1.29, 1.82) is 0 Å². The molecule has 11 nitrogen and oxygen atoms in total. The van der Waals surface area contributed by atoms with E-state index in [4.69, 9.17) is 9.47 Å². The second-order valence-electron chi connectivity index (χ2n) is 14.0. The summed E-state index contributed by atoms with van der Waals surface area (Å²) in [5, 5.41) is 18.9. The van der Waals surface area contributed by atoms with Crippen molar-refractivity contribution in [2.75, 3.05) is 18.6 Å². The molecule has 0 bridgehead atoms. The van der Waals surface area contributed by atoms with Gasteiger partial charge in [0.15, 0.2) is 19.7 Å². The van der Waals surface area contributed by atoms with Gasteiger partial charge in [-0.1, -0.05) is 72.8 Å². The molecule has 1 unspecified atom stereocenters. The van der Waals surface area contributed by atoms with Gasteiger partial charge in [0, 0.05) is 41.6 Å². The predicted octanol–water partition coefficient (Wildman–Crippen LogP) is 5.00. The Bertz CT molecular complexity index is 2080. The molecule has 2 aliphatic heterocycles. The minimum absolute atomic E-state index is 0.0920. The number of anilines is 1. The van der Waals surface area contributed by atoms with E-state index >= 15 is 0 Å². The van der Waals surface area contributed by atoms with Gasteiger partial charge in [0.05, 0.1) is 43.7 Å². The van der Waals surface area contributed by atoms with Gasteiger partial charge in [-0.25, -0.2) is 0 Å². The Kier molecular flexibility index (Phi) is 9.27. The van der Waals surface area contributed by atoms with Crippen molar-refractivity contribution >= 4 is 19.9 Å². The summed E-state index contributed by atoms with van der Waals surface area (Å²) in [6, 6.07) is 28.4. The molecule has 3 aromatic carbocycles. The third kappa shape index (κ3) is 6.11. The number of carbonyl (C=O) groups is 1. The molecular weight excluding hydrogens is 663 g/mol. The number of carbonyl (C=O) groups excluding carboxylic acids is 1. The zero-order chi connectivity index (χ0) is 35.9. The summed E-state index contributed by atoms with van der Waals surface area (Å²) in [6.07, 6.45) is 3.66. The van der Waals surface area contributed by atoms with Crippen molar-refractivity contribution in [2.24, 2.45) is 5.92 Å². The van der Waals surface area contributed by atoms with E-state index in [0.29, 0.717) is 30.9 Å². The molecule has 2 N–H and O–H groups in total. The number of aliphatic hydroxyl groups is 1. The number of aryl methyl sites for hydroxylation is 1. The number of nitrogens with zero attached hydrogens (tertiary/aromatic N) is 5. The molecule has 51 heavy (non-hydrogen) atoms. The summed E-state index contributed by atoms with van der Waals surface area (Å²) >= 11 is 0. The molecule has 2 aliphatic rings. The largest absolute Gasteiger partial charge is 0.491 e. The van der Waals surface area contributed by atoms with Crippen LogP contribution in [0.25, 0.3) is 5.69 Å². The first-order valence-electron chi connectivity index (χ1n) is 17.3. The molecule has 1 fully saturated rings. The number of fused-ring (bicyclic) bond motifs is 2. The number of hydrogen-bond donors (Lipinski definition) is 2. The van der Waals surface area contributed by atoms with Gasteiger partial charge in [-0.2, -0.15) is 0 Å². The van der Waals surface area contributed by atoms with Gasteiger partial charge in [0.2, 0.25) is 0 Å². The minimum atomic E-state index is -2.85. The highest BCUT2D eigenvalue weighted by Gasteiger charge is 2.66. The van der Waals surface area contributed by atoms with Crippen LogP contribution in [0.15, 0.2) is 108 Å².